The van der Waals surface area contributed by atoms with E-state index in [1.165, 1.54) is 45.7 Å². The first-order valence-corrected chi connectivity index (χ1v) is 9.17. The molecular formula is C19H23N3O9. The van der Waals surface area contributed by atoms with Gasteiger partial charge in [0, 0.05) is 11.8 Å². The Morgan fingerprint density at radius 2 is 1.81 bits per heavy atom. The Morgan fingerprint density at radius 1 is 1.16 bits per heavy atom. The van der Waals surface area contributed by atoms with E-state index < -0.39 is 42.7 Å². The van der Waals surface area contributed by atoms with E-state index in [0.29, 0.717) is 5.75 Å². The van der Waals surface area contributed by atoms with Crippen molar-refractivity contribution in [1.82, 2.24) is 9.55 Å². The van der Waals surface area contributed by atoms with Gasteiger partial charge in [-0.15, -0.1) is 0 Å². The summed E-state index contributed by atoms with van der Waals surface area (Å²) in [7, 11) is 4.27. The van der Waals surface area contributed by atoms with Gasteiger partial charge in [-0.05, 0) is 18.2 Å². The minimum absolute atomic E-state index is 0.0493. The lowest BCUT2D eigenvalue weighted by atomic mass is 10.1. The van der Waals surface area contributed by atoms with E-state index in [-0.39, 0.29) is 22.9 Å². The molecule has 0 radical (unpaired) electrons. The zero-order valence-electron chi connectivity index (χ0n) is 17.0. The van der Waals surface area contributed by atoms with Crippen LogP contribution in [0, 0.1) is 0 Å². The highest BCUT2D eigenvalue weighted by molar-refractivity contribution is 6.04. The number of carbonyl (C=O) groups excluding carboxylic acids is 1. The number of carbonyl (C=O) groups is 1. The summed E-state index contributed by atoms with van der Waals surface area (Å²) in [6.45, 7) is -0.528. The van der Waals surface area contributed by atoms with Gasteiger partial charge in [-0.2, -0.15) is 4.98 Å². The maximum atomic E-state index is 12.6. The molecule has 168 valence electrons. The Bertz CT molecular complexity index is 984. The van der Waals surface area contributed by atoms with E-state index in [1.807, 2.05) is 0 Å². The van der Waals surface area contributed by atoms with Crippen molar-refractivity contribution in [1.29, 1.82) is 0 Å². The van der Waals surface area contributed by atoms with Gasteiger partial charge in [0.2, 0.25) is 5.75 Å². The van der Waals surface area contributed by atoms with Crippen LogP contribution in [0.15, 0.2) is 29.2 Å². The lowest BCUT2D eigenvalue weighted by molar-refractivity contribution is -0.0549. The molecule has 4 N–H and O–H groups in total. The van der Waals surface area contributed by atoms with Crippen LogP contribution in [0.4, 0.5) is 5.82 Å². The predicted molar refractivity (Wildman–Crippen MR) is 106 cm³/mol. The third-order valence-electron chi connectivity index (χ3n) is 4.79. The van der Waals surface area contributed by atoms with Gasteiger partial charge < -0.3 is 39.6 Å². The summed E-state index contributed by atoms with van der Waals surface area (Å²) in [6.07, 6.45) is -3.81. The molecule has 1 amide bonds. The molecule has 3 rings (SSSR count). The molecule has 1 aromatic carbocycles. The SMILES string of the molecule is COc1cc(C(=O)Nc2ccn([C@H]3O[C@@H](CO)[C@@H](O)[C@H]3O)c(=O)n2)cc(OC)c1OC. The number of aliphatic hydroxyl groups excluding tert-OH is 3. The van der Waals surface area contributed by atoms with Crippen LogP contribution in [0.1, 0.15) is 16.6 Å². The number of nitrogens with one attached hydrogen (secondary N) is 1. The van der Waals surface area contributed by atoms with E-state index in [9.17, 15) is 24.9 Å². The van der Waals surface area contributed by atoms with Gasteiger partial charge in [-0.1, -0.05) is 0 Å². The van der Waals surface area contributed by atoms with E-state index in [0.717, 1.165) is 4.57 Å². The van der Waals surface area contributed by atoms with Crippen LogP contribution in [0.25, 0.3) is 0 Å². The fourth-order valence-electron chi connectivity index (χ4n) is 3.19. The van der Waals surface area contributed by atoms with Crippen molar-refractivity contribution >= 4 is 11.7 Å². The quantitative estimate of drug-likeness (QED) is 0.428. The Balaban J connectivity index is 1.82. The first-order valence-electron chi connectivity index (χ1n) is 9.17. The van der Waals surface area contributed by atoms with Gasteiger partial charge in [0.05, 0.1) is 27.9 Å². The molecule has 1 aliphatic heterocycles. The molecule has 12 heteroatoms. The molecule has 12 nitrogen and oxygen atoms in total. The average molecular weight is 437 g/mol. The molecule has 1 aliphatic rings. The van der Waals surface area contributed by atoms with Crippen LogP contribution < -0.4 is 25.2 Å². The number of nitrogens with zero attached hydrogens (tertiary/aromatic N) is 2. The first kappa shape index (κ1) is 22.5. The molecule has 1 fully saturated rings. The summed E-state index contributed by atoms with van der Waals surface area (Å²) in [4.78, 5) is 28.8. The van der Waals surface area contributed by atoms with E-state index >= 15 is 0 Å². The number of methoxy groups -OCH3 is 3. The monoisotopic (exact) mass is 437 g/mol. The maximum Gasteiger partial charge on any atom is 0.351 e. The number of ether oxygens (including phenoxy) is 4. The number of hydrogen-bond acceptors (Lipinski definition) is 10. The van der Waals surface area contributed by atoms with Crippen molar-refractivity contribution in [3.8, 4) is 17.2 Å². The topological polar surface area (TPSA) is 162 Å². The smallest absolute Gasteiger partial charge is 0.351 e. The van der Waals surface area contributed by atoms with E-state index in [4.69, 9.17) is 18.9 Å². The fraction of sp³-hybridized carbons (Fsp3) is 0.421. The summed E-state index contributed by atoms with van der Waals surface area (Å²) >= 11 is 0. The molecule has 31 heavy (non-hydrogen) atoms. The van der Waals surface area contributed by atoms with E-state index in [1.54, 1.807) is 0 Å². The van der Waals surface area contributed by atoms with Gasteiger partial charge in [0.1, 0.15) is 24.1 Å². The predicted octanol–water partition coefficient (Wildman–Crippen LogP) is -0.867. The molecule has 0 unspecified atom stereocenters. The van der Waals surface area contributed by atoms with Crippen molar-refractivity contribution in [3.63, 3.8) is 0 Å². The Hall–Kier alpha value is -3.19. The van der Waals surface area contributed by atoms with Gasteiger partial charge in [0.25, 0.3) is 5.91 Å². The normalized spacial score (nSPS) is 22.8. The second kappa shape index (κ2) is 9.31. The minimum atomic E-state index is -1.43. The summed E-state index contributed by atoms with van der Waals surface area (Å²) in [5.41, 5.74) is -0.665. The fourth-order valence-corrected chi connectivity index (χ4v) is 3.19. The third kappa shape index (κ3) is 4.32. The van der Waals surface area contributed by atoms with Crippen molar-refractivity contribution in [3.05, 3.63) is 40.4 Å². The number of aromatic nitrogens is 2. The number of benzene rings is 1. The zero-order valence-corrected chi connectivity index (χ0v) is 17.0. The number of rotatable bonds is 7. The maximum absolute atomic E-state index is 12.6. The number of anilines is 1. The Morgan fingerprint density at radius 3 is 2.29 bits per heavy atom. The zero-order chi connectivity index (χ0) is 22.7. The summed E-state index contributed by atoms with van der Waals surface area (Å²) in [5, 5.41) is 31.6. The molecule has 2 heterocycles. The van der Waals surface area contributed by atoms with Crippen LogP contribution in [0.5, 0.6) is 17.2 Å². The lowest BCUT2D eigenvalue weighted by Gasteiger charge is -2.17. The van der Waals surface area contributed by atoms with Crippen molar-refractivity contribution < 1.29 is 39.1 Å². The molecule has 0 spiro atoms. The molecule has 1 aromatic heterocycles. The van der Waals surface area contributed by atoms with Gasteiger partial charge in [-0.3, -0.25) is 9.36 Å². The molecule has 0 bridgehead atoms. The van der Waals surface area contributed by atoms with Gasteiger partial charge in [0.15, 0.2) is 17.7 Å². The largest absolute Gasteiger partial charge is 0.493 e. The van der Waals surface area contributed by atoms with Crippen molar-refractivity contribution in [2.75, 3.05) is 33.3 Å². The Labute approximate surface area is 176 Å². The van der Waals surface area contributed by atoms with Crippen LogP contribution in [0.2, 0.25) is 0 Å². The van der Waals surface area contributed by atoms with Gasteiger partial charge >= 0.3 is 5.69 Å². The third-order valence-corrected chi connectivity index (χ3v) is 4.79. The number of aliphatic hydroxyl groups is 3. The van der Waals surface area contributed by atoms with Crippen LogP contribution in [-0.4, -0.2) is 77.0 Å². The molecular weight excluding hydrogens is 414 g/mol. The first-order chi connectivity index (χ1) is 14.8. The molecule has 4 atom stereocenters. The molecule has 2 aromatic rings. The van der Waals surface area contributed by atoms with Gasteiger partial charge in [-0.25, -0.2) is 4.79 Å². The summed E-state index contributed by atoms with van der Waals surface area (Å²) in [5.74, 6) is 0.240. The highest BCUT2D eigenvalue weighted by Crippen LogP contribution is 2.38. The standard InChI is InChI=1S/C19H23N3O9/c1-28-10-6-9(7-11(29-2)16(10)30-3)17(26)20-13-4-5-22(19(27)21-13)18-15(25)14(24)12(8-23)31-18/h4-7,12,14-15,18,23-25H,8H2,1-3H3,(H,20,21,26,27)/t12-,14+,15+,18-/m0/s1. The van der Waals surface area contributed by atoms with Crippen LogP contribution in [-0.2, 0) is 4.74 Å². The summed E-state index contributed by atoms with van der Waals surface area (Å²) in [6, 6.07) is 4.21. The minimum Gasteiger partial charge on any atom is -0.493 e. The lowest BCUT2D eigenvalue weighted by Crippen LogP contribution is -2.36. The molecule has 1 saturated heterocycles. The second-order valence-corrected chi connectivity index (χ2v) is 6.60. The summed E-state index contributed by atoms with van der Waals surface area (Å²) < 4.78 is 21.9. The van der Waals surface area contributed by atoms with Crippen molar-refractivity contribution in [2.24, 2.45) is 0 Å². The highest BCUT2D eigenvalue weighted by atomic mass is 16.6. The number of amides is 1. The van der Waals surface area contributed by atoms with Crippen LogP contribution >= 0.6 is 0 Å². The number of hydrogen-bond donors (Lipinski definition) is 4. The molecule has 0 saturated carbocycles. The average Bonchev–Trinajstić information content (AvgIpc) is 3.06. The van der Waals surface area contributed by atoms with Crippen LogP contribution in [0.3, 0.4) is 0 Å². The second-order valence-electron chi connectivity index (χ2n) is 6.60. The van der Waals surface area contributed by atoms with Crippen molar-refractivity contribution in [2.45, 2.75) is 24.5 Å². The van der Waals surface area contributed by atoms with E-state index in [2.05, 4.69) is 10.3 Å². The highest BCUT2D eigenvalue weighted by Gasteiger charge is 2.43. The Kier molecular flexibility index (Phi) is 6.75. The molecule has 0 aliphatic carbocycles.